The molecule has 1 saturated heterocycles. The topological polar surface area (TPSA) is 37.4 Å². The van der Waals surface area contributed by atoms with Crippen molar-refractivity contribution in [2.75, 3.05) is 13.1 Å². The number of rotatable bonds is 2. The van der Waals surface area contributed by atoms with Crippen LogP contribution < -0.4 is 0 Å². The predicted octanol–water partition coefficient (Wildman–Crippen LogP) is 3.94. The van der Waals surface area contributed by atoms with E-state index in [1.807, 2.05) is 6.92 Å². The van der Waals surface area contributed by atoms with Crippen LogP contribution >= 0.6 is 31.9 Å². The minimum Gasteiger partial charge on any atom is -0.207 e. The zero-order chi connectivity index (χ0) is 14.2. The van der Waals surface area contributed by atoms with E-state index in [4.69, 9.17) is 0 Å². The van der Waals surface area contributed by atoms with Gasteiger partial charge in [-0.15, -0.1) is 0 Å². The van der Waals surface area contributed by atoms with Crippen molar-refractivity contribution in [3.8, 4) is 0 Å². The molecule has 1 aliphatic rings. The number of halogens is 2. The van der Waals surface area contributed by atoms with Gasteiger partial charge < -0.3 is 0 Å². The van der Waals surface area contributed by atoms with Crippen LogP contribution in [0.5, 0.6) is 0 Å². The van der Waals surface area contributed by atoms with Crippen molar-refractivity contribution < 1.29 is 8.42 Å². The molecule has 3 nitrogen and oxygen atoms in total. The largest absolute Gasteiger partial charge is 0.244 e. The summed E-state index contributed by atoms with van der Waals surface area (Å²) in [5.41, 5.74) is 0.923. The monoisotopic (exact) mass is 409 g/mol. The number of piperidine rings is 1. The van der Waals surface area contributed by atoms with Crippen LogP contribution in [-0.2, 0) is 10.0 Å². The standard InChI is InChI=1S/C13H17Br2NO2S/c1-9-4-3-5-16(8-9)19(17,18)13-6-10(2)11(14)7-12(13)15/h6-7,9H,3-5,8H2,1-2H3. The quantitative estimate of drug-likeness (QED) is 0.740. The Morgan fingerprint density at radius 2 is 1.95 bits per heavy atom. The van der Waals surface area contributed by atoms with Crippen molar-refractivity contribution in [2.45, 2.75) is 31.6 Å². The zero-order valence-electron chi connectivity index (χ0n) is 11.0. The fraction of sp³-hybridized carbons (Fsp3) is 0.538. The minimum atomic E-state index is -3.40. The van der Waals surface area contributed by atoms with E-state index in [0.717, 1.165) is 22.9 Å². The molecule has 0 radical (unpaired) electrons. The maximum Gasteiger partial charge on any atom is 0.244 e. The van der Waals surface area contributed by atoms with Gasteiger partial charge in [-0.1, -0.05) is 22.9 Å². The first-order valence-corrected chi connectivity index (χ1v) is 9.31. The van der Waals surface area contributed by atoms with Gasteiger partial charge in [-0.25, -0.2) is 8.42 Å². The van der Waals surface area contributed by atoms with Gasteiger partial charge >= 0.3 is 0 Å². The summed E-state index contributed by atoms with van der Waals surface area (Å²) < 4.78 is 28.5. The Labute approximate surface area is 131 Å². The van der Waals surface area contributed by atoms with E-state index in [9.17, 15) is 8.42 Å². The third kappa shape index (κ3) is 3.23. The van der Waals surface area contributed by atoms with Gasteiger partial charge in [-0.05, 0) is 59.3 Å². The molecule has 0 saturated carbocycles. The highest BCUT2D eigenvalue weighted by molar-refractivity contribution is 9.11. The summed E-state index contributed by atoms with van der Waals surface area (Å²) in [6.07, 6.45) is 2.04. The molecule has 2 rings (SSSR count). The van der Waals surface area contributed by atoms with Gasteiger partial charge in [0.05, 0.1) is 4.90 Å². The van der Waals surface area contributed by atoms with E-state index in [1.54, 1.807) is 16.4 Å². The predicted molar refractivity (Wildman–Crippen MR) is 83.7 cm³/mol. The van der Waals surface area contributed by atoms with Crippen LogP contribution in [0.4, 0.5) is 0 Å². The molecule has 6 heteroatoms. The van der Waals surface area contributed by atoms with Crippen LogP contribution in [0, 0.1) is 12.8 Å². The van der Waals surface area contributed by atoms with Crippen LogP contribution in [0.15, 0.2) is 26.0 Å². The molecule has 0 spiro atoms. The zero-order valence-corrected chi connectivity index (χ0v) is 15.0. The van der Waals surface area contributed by atoms with Crippen LogP contribution in [-0.4, -0.2) is 25.8 Å². The van der Waals surface area contributed by atoms with E-state index < -0.39 is 10.0 Å². The summed E-state index contributed by atoms with van der Waals surface area (Å²) in [5, 5.41) is 0. The molecule has 0 N–H and O–H groups in total. The average molecular weight is 411 g/mol. The Bertz CT molecular complexity index is 587. The van der Waals surface area contributed by atoms with E-state index >= 15 is 0 Å². The first kappa shape index (κ1) is 15.5. The van der Waals surface area contributed by atoms with Crippen LogP contribution in [0.25, 0.3) is 0 Å². The molecular formula is C13H17Br2NO2S. The number of aryl methyl sites for hydroxylation is 1. The molecule has 19 heavy (non-hydrogen) atoms. The van der Waals surface area contributed by atoms with Crippen LogP contribution in [0.1, 0.15) is 25.3 Å². The van der Waals surface area contributed by atoms with Crippen molar-refractivity contribution >= 4 is 41.9 Å². The van der Waals surface area contributed by atoms with E-state index in [-0.39, 0.29) is 0 Å². The number of hydrogen-bond acceptors (Lipinski definition) is 2. The van der Waals surface area contributed by atoms with Crippen LogP contribution in [0.3, 0.4) is 0 Å². The molecule has 1 atom stereocenters. The molecule has 1 aliphatic heterocycles. The lowest BCUT2D eigenvalue weighted by Gasteiger charge is -2.30. The minimum absolute atomic E-state index is 0.363. The summed E-state index contributed by atoms with van der Waals surface area (Å²) in [5.74, 6) is 0.429. The third-order valence-corrected chi connectivity index (χ3v) is 7.13. The Hall–Kier alpha value is 0.0900. The first-order valence-electron chi connectivity index (χ1n) is 6.28. The second-order valence-electron chi connectivity index (χ2n) is 5.14. The highest BCUT2D eigenvalue weighted by Gasteiger charge is 2.30. The Kier molecular flexibility index (Phi) is 4.75. The SMILES string of the molecule is Cc1cc(S(=O)(=O)N2CCCC(C)C2)c(Br)cc1Br. The summed E-state index contributed by atoms with van der Waals surface area (Å²) in [4.78, 5) is 0.363. The third-order valence-electron chi connectivity index (χ3n) is 3.45. The molecular weight excluding hydrogens is 394 g/mol. The Morgan fingerprint density at radius 1 is 1.26 bits per heavy atom. The molecule has 1 unspecified atom stereocenters. The van der Waals surface area contributed by atoms with Gasteiger partial charge in [0.25, 0.3) is 0 Å². The molecule has 1 heterocycles. The van der Waals surface area contributed by atoms with E-state index in [1.165, 1.54) is 0 Å². The van der Waals surface area contributed by atoms with Crippen molar-refractivity contribution in [2.24, 2.45) is 5.92 Å². The van der Waals surface area contributed by atoms with Crippen molar-refractivity contribution in [3.63, 3.8) is 0 Å². The Morgan fingerprint density at radius 3 is 2.58 bits per heavy atom. The summed E-state index contributed by atoms with van der Waals surface area (Å²) >= 11 is 6.78. The Balaban J connectivity index is 2.42. The van der Waals surface area contributed by atoms with Crippen molar-refractivity contribution in [1.82, 2.24) is 4.31 Å². The highest BCUT2D eigenvalue weighted by atomic mass is 79.9. The lowest BCUT2D eigenvalue weighted by atomic mass is 10.0. The maximum atomic E-state index is 12.7. The van der Waals surface area contributed by atoms with Crippen molar-refractivity contribution in [3.05, 3.63) is 26.6 Å². The van der Waals surface area contributed by atoms with Gasteiger partial charge in [-0.2, -0.15) is 4.31 Å². The summed E-state index contributed by atoms with van der Waals surface area (Å²) in [6, 6.07) is 3.53. The van der Waals surface area contributed by atoms with Crippen molar-refractivity contribution in [1.29, 1.82) is 0 Å². The van der Waals surface area contributed by atoms with Gasteiger partial charge in [-0.3, -0.25) is 0 Å². The number of benzene rings is 1. The molecule has 106 valence electrons. The van der Waals surface area contributed by atoms with Gasteiger partial charge in [0.2, 0.25) is 10.0 Å². The van der Waals surface area contributed by atoms with E-state index in [2.05, 4.69) is 38.8 Å². The molecule has 1 aromatic carbocycles. The second-order valence-corrected chi connectivity index (χ2v) is 8.76. The lowest BCUT2D eigenvalue weighted by molar-refractivity contribution is 0.281. The molecule has 0 aromatic heterocycles. The molecule has 0 aliphatic carbocycles. The van der Waals surface area contributed by atoms with Gasteiger partial charge in [0.1, 0.15) is 0 Å². The normalized spacial score (nSPS) is 21.6. The lowest BCUT2D eigenvalue weighted by Crippen LogP contribution is -2.39. The molecule has 1 aromatic rings. The fourth-order valence-electron chi connectivity index (χ4n) is 2.33. The van der Waals surface area contributed by atoms with Gasteiger partial charge in [0, 0.05) is 22.0 Å². The fourth-order valence-corrected chi connectivity index (χ4v) is 5.67. The molecule has 0 amide bonds. The average Bonchev–Trinajstić information content (AvgIpc) is 2.33. The number of hydrogen-bond donors (Lipinski definition) is 0. The van der Waals surface area contributed by atoms with Crippen LogP contribution in [0.2, 0.25) is 0 Å². The maximum absolute atomic E-state index is 12.7. The summed E-state index contributed by atoms with van der Waals surface area (Å²) in [6.45, 7) is 5.23. The first-order chi connectivity index (χ1) is 8.82. The second kappa shape index (κ2) is 5.84. The number of sulfonamides is 1. The molecule has 0 bridgehead atoms. The molecule has 1 fully saturated rings. The summed E-state index contributed by atoms with van der Waals surface area (Å²) in [7, 11) is -3.40. The smallest absolute Gasteiger partial charge is 0.207 e. The highest BCUT2D eigenvalue weighted by Crippen LogP contribution is 2.32. The number of nitrogens with zero attached hydrogens (tertiary/aromatic N) is 1. The van der Waals surface area contributed by atoms with Gasteiger partial charge in [0.15, 0.2) is 0 Å². The van der Waals surface area contributed by atoms with E-state index in [0.29, 0.717) is 28.4 Å².